The summed E-state index contributed by atoms with van der Waals surface area (Å²) >= 11 is 0. The second-order valence-electron chi connectivity index (χ2n) is 5.38. The number of hydrogen-bond donors (Lipinski definition) is 0. The number of fused-ring (bicyclic) bond motifs is 2. The molecule has 0 saturated carbocycles. The number of carbonyl (C=O) groups excluding carboxylic acids is 2. The molecule has 24 heavy (non-hydrogen) atoms. The van der Waals surface area contributed by atoms with Gasteiger partial charge < -0.3 is 18.9 Å². The SMILES string of the molecule is COCCOCCOCCOC(=O)CN1C(=O)[C@H]2C=C[C@]1(C)OO2. The standard InChI is InChI=1S/C15H23NO8/c1-15-4-3-12(23-24-15)14(18)16(15)11-13(17)22-10-9-21-8-7-20-6-5-19-2/h3-4,12H,5-11H2,1-2H3/t12-,15+/m1/s1. The molecule has 0 aromatic rings. The van der Waals surface area contributed by atoms with Gasteiger partial charge in [-0.2, -0.15) is 0 Å². The van der Waals surface area contributed by atoms with Gasteiger partial charge in [0.15, 0.2) is 11.8 Å². The number of rotatable bonds is 11. The summed E-state index contributed by atoms with van der Waals surface area (Å²) < 4.78 is 20.4. The number of nitrogens with zero attached hydrogens (tertiary/aromatic N) is 1. The molecule has 136 valence electrons. The normalized spacial score (nSPS) is 25.3. The molecule has 0 aromatic heterocycles. The molecule has 0 aliphatic carbocycles. The Kier molecular flexibility index (Phi) is 7.13. The van der Waals surface area contributed by atoms with E-state index in [-0.39, 0.29) is 25.7 Å². The van der Waals surface area contributed by atoms with E-state index in [0.717, 1.165) is 0 Å². The van der Waals surface area contributed by atoms with Gasteiger partial charge in [0.1, 0.15) is 13.2 Å². The van der Waals surface area contributed by atoms with E-state index in [4.69, 9.17) is 28.7 Å². The first kappa shape index (κ1) is 18.8. The fraction of sp³-hybridized carbons (Fsp3) is 0.733. The molecule has 9 nitrogen and oxygen atoms in total. The molecule has 2 bridgehead atoms. The molecule has 1 amide bonds. The summed E-state index contributed by atoms with van der Waals surface area (Å²) in [6.07, 6.45) is 2.49. The summed E-state index contributed by atoms with van der Waals surface area (Å²) in [5, 5.41) is 0. The molecule has 0 radical (unpaired) electrons. The van der Waals surface area contributed by atoms with Crippen molar-refractivity contribution in [2.24, 2.45) is 0 Å². The molecule has 1 saturated heterocycles. The van der Waals surface area contributed by atoms with Crippen LogP contribution in [-0.4, -0.2) is 81.9 Å². The van der Waals surface area contributed by atoms with Crippen LogP contribution in [0, 0.1) is 0 Å². The third-order valence-corrected chi connectivity index (χ3v) is 3.53. The smallest absolute Gasteiger partial charge is 0.325 e. The van der Waals surface area contributed by atoms with Crippen LogP contribution >= 0.6 is 0 Å². The number of amides is 1. The maximum Gasteiger partial charge on any atom is 0.325 e. The van der Waals surface area contributed by atoms with Crippen LogP contribution in [0.25, 0.3) is 0 Å². The maximum atomic E-state index is 12.1. The summed E-state index contributed by atoms with van der Waals surface area (Å²) in [5.74, 6) is -0.860. The predicted molar refractivity (Wildman–Crippen MR) is 79.7 cm³/mol. The number of esters is 1. The van der Waals surface area contributed by atoms with E-state index >= 15 is 0 Å². The fourth-order valence-electron chi connectivity index (χ4n) is 2.19. The van der Waals surface area contributed by atoms with Crippen molar-refractivity contribution in [1.29, 1.82) is 0 Å². The lowest BCUT2D eigenvalue weighted by Crippen LogP contribution is -2.62. The van der Waals surface area contributed by atoms with Crippen LogP contribution in [0.15, 0.2) is 12.2 Å². The summed E-state index contributed by atoms with van der Waals surface area (Å²) in [6.45, 7) is 3.69. The van der Waals surface area contributed by atoms with E-state index in [1.165, 1.54) is 4.90 Å². The van der Waals surface area contributed by atoms with E-state index in [2.05, 4.69) is 0 Å². The zero-order chi connectivity index (χ0) is 17.4. The van der Waals surface area contributed by atoms with Gasteiger partial charge in [-0.1, -0.05) is 0 Å². The van der Waals surface area contributed by atoms with Crippen LogP contribution in [0.5, 0.6) is 0 Å². The summed E-state index contributed by atoms with van der Waals surface area (Å²) in [7, 11) is 1.60. The van der Waals surface area contributed by atoms with Gasteiger partial charge in [0, 0.05) is 7.11 Å². The van der Waals surface area contributed by atoms with Gasteiger partial charge in [-0.25, -0.2) is 9.78 Å². The topological polar surface area (TPSA) is 92.8 Å². The zero-order valence-corrected chi connectivity index (χ0v) is 13.9. The molecule has 3 rings (SSSR count). The van der Waals surface area contributed by atoms with Crippen LogP contribution in [-0.2, 0) is 38.3 Å². The molecule has 9 heteroatoms. The van der Waals surface area contributed by atoms with Gasteiger partial charge in [0.25, 0.3) is 5.91 Å². The minimum Gasteiger partial charge on any atom is -0.462 e. The molecule has 0 spiro atoms. The van der Waals surface area contributed by atoms with Crippen molar-refractivity contribution in [1.82, 2.24) is 4.90 Å². The number of ether oxygens (including phenoxy) is 4. The Hall–Kier alpha value is -1.52. The lowest BCUT2D eigenvalue weighted by Gasteiger charge is -2.45. The molecule has 2 atom stereocenters. The molecule has 3 aliphatic rings. The van der Waals surface area contributed by atoms with Gasteiger partial charge in [0.05, 0.1) is 33.0 Å². The van der Waals surface area contributed by atoms with Crippen LogP contribution in [0.2, 0.25) is 0 Å². The summed E-state index contributed by atoms with van der Waals surface area (Å²) in [6, 6.07) is 0. The van der Waals surface area contributed by atoms with E-state index in [1.807, 2.05) is 0 Å². The lowest BCUT2D eigenvalue weighted by molar-refractivity contribution is -0.409. The van der Waals surface area contributed by atoms with Crippen molar-refractivity contribution in [2.45, 2.75) is 18.8 Å². The first-order chi connectivity index (χ1) is 11.6. The van der Waals surface area contributed by atoms with Crippen molar-refractivity contribution in [3.8, 4) is 0 Å². The molecular weight excluding hydrogens is 322 g/mol. The van der Waals surface area contributed by atoms with Crippen LogP contribution in [0.4, 0.5) is 0 Å². The Morgan fingerprint density at radius 2 is 1.88 bits per heavy atom. The van der Waals surface area contributed by atoms with E-state index in [9.17, 15) is 9.59 Å². The van der Waals surface area contributed by atoms with E-state index in [1.54, 1.807) is 26.2 Å². The third kappa shape index (κ3) is 4.99. The zero-order valence-electron chi connectivity index (χ0n) is 13.9. The first-order valence-corrected chi connectivity index (χ1v) is 7.72. The number of methoxy groups -OCH3 is 1. The minimum atomic E-state index is -1.08. The Morgan fingerprint density at radius 1 is 1.21 bits per heavy atom. The molecule has 0 aromatic carbocycles. The summed E-state index contributed by atoms with van der Waals surface area (Å²) in [4.78, 5) is 35.2. The van der Waals surface area contributed by atoms with Crippen molar-refractivity contribution in [2.75, 3.05) is 53.3 Å². The van der Waals surface area contributed by atoms with Crippen molar-refractivity contribution < 1.29 is 38.3 Å². The van der Waals surface area contributed by atoms with Gasteiger partial charge >= 0.3 is 5.97 Å². The van der Waals surface area contributed by atoms with Gasteiger partial charge in [-0.15, -0.1) is 0 Å². The fourth-order valence-corrected chi connectivity index (χ4v) is 2.19. The monoisotopic (exact) mass is 345 g/mol. The Labute approximate surface area is 140 Å². The Morgan fingerprint density at radius 3 is 2.46 bits per heavy atom. The third-order valence-electron chi connectivity index (χ3n) is 3.53. The highest BCUT2D eigenvalue weighted by Gasteiger charge is 2.48. The molecule has 1 fully saturated rings. The van der Waals surface area contributed by atoms with Crippen LogP contribution < -0.4 is 0 Å². The number of hydrogen-bond acceptors (Lipinski definition) is 8. The highest BCUT2D eigenvalue weighted by Crippen LogP contribution is 2.31. The average molecular weight is 345 g/mol. The Balaban J connectivity index is 1.57. The summed E-state index contributed by atoms with van der Waals surface area (Å²) in [5.41, 5.74) is -1.08. The second-order valence-corrected chi connectivity index (χ2v) is 5.38. The number of carbonyl (C=O) groups is 2. The van der Waals surface area contributed by atoms with Crippen LogP contribution in [0.3, 0.4) is 0 Å². The van der Waals surface area contributed by atoms with Crippen LogP contribution in [0.1, 0.15) is 6.92 Å². The molecule has 3 aliphatic heterocycles. The van der Waals surface area contributed by atoms with Crippen molar-refractivity contribution in [3.05, 3.63) is 12.2 Å². The highest BCUT2D eigenvalue weighted by molar-refractivity contribution is 5.88. The largest absolute Gasteiger partial charge is 0.462 e. The lowest BCUT2D eigenvalue weighted by atomic mass is 10.0. The molecule has 3 heterocycles. The first-order valence-electron chi connectivity index (χ1n) is 7.72. The second kappa shape index (κ2) is 9.09. The van der Waals surface area contributed by atoms with Gasteiger partial charge in [-0.05, 0) is 19.1 Å². The minimum absolute atomic E-state index is 0.103. The van der Waals surface area contributed by atoms with Crippen molar-refractivity contribution in [3.63, 3.8) is 0 Å². The quantitative estimate of drug-likeness (QED) is 0.217. The molecule has 0 unspecified atom stereocenters. The maximum absolute atomic E-state index is 12.1. The molecular formula is C15H23NO8. The predicted octanol–water partition coefficient (Wildman–Crippen LogP) is -0.346. The average Bonchev–Trinajstić information content (AvgIpc) is 2.57. The van der Waals surface area contributed by atoms with Gasteiger partial charge in [-0.3, -0.25) is 14.5 Å². The van der Waals surface area contributed by atoms with Gasteiger partial charge in [0.2, 0.25) is 0 Å². The van der Waals surface area contributed by atoms with E-state index < -0.39 is 17.8 Å². The van der Waals surface area contributed by atoms with Crippen molar-refractivity contribution >= 4 is 11.9 Å². The van der Waals surface area contributed by atoms with E-state index in [0.29, 0.717) is 26.4 Å². The molecule has 0 N–H and O–H groups in total. The highest BCUT2D eigenvalue weighted by atomic mass is 17.2. The Bertz CT molecular complexity index is 468.